The number of ether oxygens (including phenoxy) is 2. The Kier molecular flexibility index (Phi) is 11.4. The number of carbonyl (C=O) groups excluding carboxylic acids is 1. The second-order valence-corrected chi connectivity index (χ2v) is 12.4. The summed E-state index contributed by atoms with van der Waals surface area (Å²) in [7, 11) is 0. The average Bonchev–Trinajstić information content (AvgIpc) is 3.56. The summed E-state index contributed by atoms with van der Waals surface area (Å²) >= 11 is 0. The first kappa shape index (κ1) is 34.9. The summed E-state index contributed by atoms with van der Waals surface area (Å²) in [6.45, 7) is 2.97. The summed E-state index contributed by atoms with van der Waals surface area (Å²) in [5.74, 6) is 0.548. The number of benzene rings is 5. The molecule has 0 radical (unpaired) electrons. The molecule has 0 bridgehead atoms. The van der Waals surface area contributed by atoms with E-state index >= 15 is 0 Å². The van der Waals surface area contributed by atoms with Gasteiger partial charge in [0.05, 0.1) is 6.61 Å². The quantitative estimate of drug-likeness (QED) is 0.0341. The summed E-state index contributed by atoms with van der Waals surface area (Å²) in [5.41, 5.74) is 20.8. The maximum absolute atomic E-state index is 14.6. The van der Waals surface area contributed by atoms with Crippen molar-refractivity contribution in [3.63, 3.8) is 0 Å². The number of hydrogen-bond donors (Lipinski definition) is 3. The van der Waals surface area contributed by atoms with E-state index < -0.39 is 17.6 Å². The highest BCUT2D eigenvalue weighted by Crippen LogP contribution is 2.44. The molecule has 2 atom stereocenters. The zero-order valence-electron chi connectivity index (χ0n) is 28.4. The molecule has 6 rings (SSSR count). The van der Waals surface area contributed by atoms with Gasteiger partial charge in [0.1, 0.15) is 5.75 Å². The minimum atomic E-state index is -1.50. The van der Waals surface area contributed by atoms with Crippen LogP contribution in [0.25, 0.3) is 21.6 Å². The highest BCUT2D eigenvalue weighted by atomic mass is 16.5. The van der Waals surface area contributed by atoms with Crippen LogP contribution in [0.15, 0.2) is 138 Å². The molecule has 258 valence electrons. The standard InChI is InChI=1S/C41H40N6O4/c1-29-12-14-30(15-13-29)24-25-43-46-40(49)41(28-35-10-5-6-11-37(35)45-47-42)38(33-18-16-32(17-19-33)31-8-3-2-4-9-31)51-39(44-41)34-20-22-36(23-21-34)50-27-7-26-48/h2-6,8-23,38,43,48H,7,24-28H2,1H3,(H,46,49)/t38-,41-/m0/s1. The lowest BCUT2D eigenvalue weighted by Gasteiger charge is -2.31. The number of rotatable bonds is 15. The van der Waals surface area contributed by atoms with E-state index in [0.29, 0.717) is 54.5 Å². The molecule has 0 fully saturated rings. The minimum Gasteiger partial charge on any atom is -0.494 e. The normalized spacial score (nSPS) is 16.4. The second kappa shape index (κ2) is 16.7. The Labute approximate surface area is 297 Å². The Balaban J connectivity index is 1.38. The van der Waals surface area contributed by atoms with Crippen LogP contribution in [0.1, 0.15) is 40.3 Å². The molecular formula is C41H40N6O4. The van der Waals surface area contributed by atoms with E-state index in [1.807, 2.05) is 97.9 Å². The number of hydrazine groups is 1. The molecule has 10 heteroatoms. The number of azide groups is 1. The van der Waals surface area contributed by atoms with Gasteiger partial charge in [-0.05, 0) is 71.0 Å². The van der Waals surface area contributed by atoms with Gasteiger partial charge in [-0.25, -0.2) is 10.4 Å². The minimum absolute atomic E-state index is 0.0458. The molecule has 10 nitrogen and oxygen atoms in total. The first-order valence-electron chi connectivity index (χ1n) is 17.0. The van der Waals surface area contributed by atoms with Crippen LogP contribution in [0.2, 0.25) is 0 Å². The fraction of sp³-hybridized carbons (Fsp3) is 0.220. The Morgan fingerprint density at radius 1 is 0.902 bits per heavy atom. The molecule has 0 saturated heterocycles. The van der Waals surface area contributed by atoms with Gasteiger partial charge in [-0.15, -0.1) is 0 Å². The van der Waals surface area contributed by atoms with Crippen LogP contribution in [0.4, 0.5) is 5.69 Å². The van der Waals surface area contributed by atoms with E-state index in [2.05, 4.69) is 45.1 Å². The number of amides is 1. The van der Waals surface area contributed by atoms with Crippen LogP contribution in [0.5, 0.6) is 5.75 Å². The van der Waals surface area contributed by atoms with E-state index in [1.54, 1.807) is 12.1 Å². The fourth-order valence-corrected chi connectivity index (χ4v) is 6.07. The lowest BCUT2D eigenvalue weighted by atomic mass is 9.81. The highest BCUT2D eigenvalue weighted by Gasteiger charge is 2.53. The number of aliphatic hydroxyl groups excluding tert-OH is 1. The second-order valence-electron chi connectivity index (χ2n) is 12.4. The zero-order valence-corrected chi connectivity index (χ0v) is 28.4. The molecule has 0 spiro atoms. The van der Waals surface area contributed by atoms with Crippen LogP contribution in [0.3, 0.4) is 0 Å². The Bertz CT molecular complexity index is 1990. The van der Waals surface area contributed by atoms with Crippen molar-refractivity contribution in [1.82, 2.24) is 10.9 Å². The number of nitrogens with zero attached hydrogens (tertiary/aromatic N) is 4. The lowest BCUT2D eigenvalue weighted by molar-refractivity contribution is -0.130. The van der Waals surface area contributed by atoms with Crippen molar-refractivity contribution in [3.8, 4) is 16.9 Å². The largest absolute Gasteiger partial charge is 0.494 e. The van der Waals surface area contributed by atoms with Gasteiger partial charge < -0.3 is 14.6 Å². The zero-order chi connectivity index (χ0) is 35.5. The van der Waals surface area contributed by atoms with Crippen LogP contribution < -0.4 is 15.6 Å². The van der Waals surface area contributed by atoms with Crippen molar-refractivity contribution < 1.29 is 19.4 Å². The molecule has 3 N–H and O–H groups in total. The third-order valence-electron chi connectivity index (χ3n) is 8.82. The van der Waals surface area contributed by atoms with E-state index in [0.717, 1.165) is 22.3 Å². The Morgan fingerprint density at radius 3 is 2.31 bits per heavy atom. The smallest absolute Gasteiger partial charge is 0.266 e. The van der Waals surface area contributed by atoms with Crippen molar-refractivity contribution in [1.29, 1.82) is 0 Å². The first-order valence-corrected chi connectivity index (χ1v) is 17.0. The van der Waals surface area contributed by atoms with Gasteiger partial charge in [-0.3, -0.25) is 10.2 Å². The van der Waals surface area contributed by atoms with Crippen molar-refractivity contribution in [2.75, 3.05) is 19.8 Å². The molecule has 0 unspecified atom stereocenters. The predicted molar refractivity (Wildman–Crippen MR) is 199 cm³/mol. The van der Waals surface area contributed by atoms with Crippen LogP contribution in [0, 0.1) is 6.92 Å². The van der Waals surface area contributed by atoms with E-state index in [9.17, 15) is 10.3 Å². The summed E-state index contributed by atoms with van der Waals surface area (Å²) in [6, 6.07) is 40.8. The number of aliphatic hydroxyl groups is 1. The molecule has 5 aromatic rings. The van der Waals surface area contributed by atoms with Gasteiger partial charge in [-0.1, -0.05) is 114 Å². The van der Waals surface area contributed by atoms with Crippen molar-refractivity contribution in [2.24, 2.45) is 10.1 Å². The molecule has 5 aromatic carbocycles. The van der Waals surface area contributed by atoms with Crippen LogP contribution in [-0.2, 0) is 22.4 Å². The number of hydrogen-bond acceptors (Lipinski definition) is 7. The number of carbonyl (C=O) groups is 1. The van der Waals surface area contributed by atoms with Gasteiger partial charge in [0, 0.05) is 42.2 Å². The molecular weight excluding hydrogens is 640 g/mol. The number of nitrogens with one attached hydrogen (secondary N) is 2. The van der Waals surface area contributed by atoms with Gasteiger partial charge in [0.15, 0.2) is 11.6 Å². The summed E-state index contributed by atoms with van der Waals surface area (Å²) < 4.78 is 12.4. The van der Waals surface area contributed by atoms with Crippen LogP contribution in [-0.4, -0.2) is 42.2 Å². The predicted octanol–water partition coefficient (Wildman–Crippen LogP) is 7.73. The Hall–Kier alpha value is -5.93. The molecule has 0 aromatic heterocycles. The SMILES string of the molecule is Cc1ccc(CCNNC(=O)[C@@]2(Cc3ccccc3N=[N+]=[N-])N=C(c3ccc(OCCCO)cc3)O[C@H]2c2ccc(-c3ccccc3)cc2)cc1. The monoisotopic (exact) mass is 680 g/mol. The highest BCUT2D eigenvalue weighted by molar-refractivity contribution is 6.01. The van der Waals surface area contributed by atoms with Gasteiger partial charge >= 0.3 is 0 Å². The fourth-order valence-electron chi connectivity index (χ4n) is 6.07. The summed E-state index contributed by atoms with van der Waals surface area (Å²) in [4.78, 5) is 22.8. The molecule has 0 saturated carbocycles. The van der Waals surface area contributed by atoms with E-state index in [-0.39, 0.29) is 13.0 Å². The van der Waals surface area contributed by atoms with Crippen molar-refractivity contribution in [3.05, 3.63) is 166 Å². The molecule has 1 aliphatic rings. The summed E-state index contributed by atoms with van der Waals surface area (Å²) in [6.07, 6.45) is 0.479. The number of aryl methyl sites for hydroxylation is 1. The van der Waals surface area contributed by atoms with E-state index in [1.165, 1.54) is 5.56 Å². The maximum atomic E-state index is 14.6. The molecule has 1 amide bonds. The topological polar surface area (TPSA) is 141 Å². The van der Waals surface area contributed by atoms with Gasteiger partial charge in [0.2, 0.25) is 5.90 Å². The average molecular weight is 681 g/mol. The Morgan fingerprint density at radius 2 is 1.59 bits per heavy atom. The summed E-state index contributed by atoms with van der Waals surface area (Å²) in [5, 5.41) is 13.1. The van der Waals surface area contributed by atoms with Crippen molar-refractivity contribution in [2.45, 2.75) is 37.8 Å². The third-order valence-corrected chi connectivity index (χ3v) is 8.82. The molecule has 51 heavy (non-hydrogen) atoms. The maximum Gasteiger partial charge on any atom is 0.266 e. The molecule has 1 heterocycles. The lowest BCUT2D eigenvalue weighted by Crippen LogP contribution is -2.54. The van der Waals surface area contributed by atoms with Gasteiger partial charge in [-0.2, -0.15) is 0 Å². The first-order chi connectivity index (χ1) is 25.0. The van der Waals surface area contributed by atoms with Gasteiger partial charge in [0.25, 0.3) is 5.91 Å². The third kappa shape index (κ3) is 8.45. The van der Waals surface area contributed by atoms with E-state index in [4.69, 9.17) is 19.6 Å². The molecule has 0 aliphatic carbocycles. The van der Waals surface area contributed by atoms with Crippen molar-refractivity contribution >= 4 is 17.5 Å². The van der Waals surface area contributed by atoms with Crippen LogP contribution >= 0.6 is 0 Å². The molecule has 1 aliphatic heterocycles. The number of aliphatic imine (C=N–C) groups is 1.